The second-order valence-electron chi connectivity index (χ2n) is 12.9. The van der Waals surface area contributed by atoms with Crippen LogP contribution in [0, 0.1) is 6.92 Å². The molecule has 0 bridgehead atoms. The number of halogens is 4. The number of carbonyl (C=O) groups is 3. The van der Waals surface area contributed by atoms with Crippen molar-refractivity contribution in [2.75, 3.05) is 0 Å². The van der Waals surface area contributed by atoms with Crippen molar-refractivity contribution < 1.29 is 56.2 Å². The Morgan fingerprint density at radius 3 is 1.59 bits per heavy atom. The molecule has 3 N–H and O–H groups in total. The van der Waals surface area contributed by atoms with Crippen LogP contribution in [0.2, 0.25) is 0 Å². The highest BCUT2D eigenvalue weighted by atomic mass is 32.1. The Morgan fingerprint density at radius 1 is 0.841 bits per heavy atom. The van der Waals surface area contributed by atoms with Crippen molar-refractivity contribution in [3.8, 4) is 0 Å². The number of rotatable bonds is 7. The van der Waals surface area contributed by atoms with E-state index in [2.05, 4.69) is 15.0 Å². The van der Waals surface area contributed by atoms with Crippen LogP contribution in [0.3, 0.4) is 0 Å². The van der Waals surface area contributed by atoms with Gasteiger partial charge in [-0.15, -0.1) is 11.3 Å². The van der Waals surface area contributed by atoms with Crippen LogP contribution >= 0.6 is 11.3 Å². The van der Waals surface area contributed by atoms with Crippen molar-refractivity contribution in [2.24, 2.45) is 11.1 Å². The molecular weight excluding hydrogens is 614 g/mol. The van der Waals surface area contributed by atoms with Gasteiger partial charge in [-0.3, -0.25) is 4.84 Å². The molecule has 0 spiro atoms. The van der Waals surface area contributed by atoms with Crippen LogP contribution in [-0.4, -0.2) is 68.0 Å². The van der Waals surface area contributed by atoms with E-state index in [9.17, 15) is 37.1 Å². The number of hydrogen-bond acceptors (Lipinski definition) is 11. The predicted octanol–water partition coefficient (Wildman–Crippen LogP) is 5.71. The molecule has 0 atom stereocenters. The molecule has 1 aromatic heterocycles. The number of alkyl halides is 4. The lowest BCUT2D eigenvalue weighted by Crippen LogP contribution is -2.51. The molecule has 2 fully saturated rings. The number of oxime groups is 1. The Labute approximate surface area is 257 Å². The first kappa shape index (κ1) is 37.3. The predicted molar refractivity (Wildman–Crippen MR) is 151 cm³/mol. The number of thiazole rings is 1. The van der Waals surface area contributed by atoms with Gasteiger partial charge in [0.2, 0.25) is 23.2 Å². The van der Waals surface area contributed by atoms with Gasteiger partial charge in [0.15, 0.2) is 5.60 Å². The van der Waals surface area contributed by atoms with E-state index in [0.717, 1.165) is 0 Å². The Bertz CT molecular complexity index is 1200. The average molecular weight is 656 g/mol. The molecule has 44 heavy (non-hydrogen) atoms. The van der Waals surface area contributed by atoms with Crippen molar-refractivity contribution in [2.45, 2.75) is 134 Å². The van der Waals surface area contributed by atoms with Crippen molar-refractivity contribution in [3.05, 3.63) is 16.1 Å². The molecule has 1 heterocycles. The molecule has 250 valence electrons. The van der Waals surface area contributed by atoms with Crippen molar-refractivity contribution in [3.63, 3.8) is 0 Å². The first-order chi connectivity index (χ1) is 19.9. The van der Waals surface area contributed by atoms with Gasteiger partial charge in [0.05, 0.1) is 5.01 Å². The zero-order valence-electron chi connectivity index (χ0n) is 25.9. The molecule has 3 rings (SSSR count). The van der Waals surface area contributed by atoms with Gasteiger partial charge in [0, 0.05) is 43.9 Å². The van der Waals surface area contributed by atoms with Gasteiger partial charge < -0.3 is 19.4 Å². The molecule has 0 unspecified atom stereocenters. The Kier molecular flexibility index (Phi) is 11.6. The van der Waals surface area contributed by atoms with Crippen molar-refractivity contribution in [1.82, 2.24) is 4.98 Å². The highest BCUT2D eigenvalue weighted by Crippen LogP contribution is 2.42. The smallest absolute Gasteiger partial charge is 0.360 e. The summed E-state index contributed by atoms with van der Waals surface area (Å²) in [6, 6.07) is 0. The fraction of sp³-hybridized carbons (Fsp3) is 0.750. The van der Waals surface area contributed by atoms with E-state index in [1.807, 2.05) is 0 Å². The molecule has 1 aromatic rings. The summed E-state index contributed by atoms with van der Waals surface area (Å²) in [5, 5.41) is 15.1. The summed E-state index contributed by atoms with van der Waals surface area (Å²) < 4.78 is 63.7. The second-order valence-corrected chi connectivity index (χ2v) is 14.0. The number of carbonyl (C=O) groups excluding carboxylic acids is 2. The Morgan fingerprint density at radius 2 is 1.25 bits per heavy atom. The third-order valence-electron chi connectivity index (χ3n) is 6.72. The highest BCUT2D eigenvalue weighted by molar-refractivity contribution is 7.09. The minimum absolute atomic E-state index is 0.0745. The van der Waals surface area contributed by atoms with E-state index in [4.69, 9.17) is 20.2 Å². The summed E-state index contributed by atoms with van der Waals surface area (Å²) in [5.74, 6) is -3.47. The summed E-state index contributed by atoms with van der Waals surface area (Å²) >= 11 is 1.22. The fourth-order valence-corrected chi connectivity index (χ4v) is 4.88. The zero-order valence-corrected chi connectivity index (χ0v) is 26.7. The molecule has 0 amide bonds. The number of esters is 2. The third-order valence-corrected chi connectivity index (χ3v) is 7.50. The first-order valence-electron chi connectivity index (χ1n) is 14.0. The fourth-order valence-electron chi connectivity index (χ4n) is 4.28. The number of ether oxygens (including phenoxy) is 2. The lowest BCUT2D eigenvalue weighted by Gasteiger charge is -2.37. The maximum atomic E-state index is 13.6. The molecule has 0 aliphatic heterocycles. The number of nitrogens with zero attached hydrogens (tertiary/aromatic N) is 2. The average Bonchev–Trinajstić information content (AvgIpc) is 3.29. The summed E-state index contributed by atoms with van der Waals surface area (Å²) in [7, 11) is 0. The summed E-state index contributed by atoms with van der Waals surface area (Å²) in [6.07, 6.45) is -2.90. The molecule has 0 radical (unpaired) electrons. The SMILES string of the molecule is CC(C)(C)OC(=O)C1(ON)CCC(F)(F)CC1.Cc1nc(/C(=N/OC2(C(=O)OC(C)(C)C)CCC(F)(F)CC2)C(=O)O)cs1. The van der Waals surface area contributed by atoms with Gasteiger partial charge in [-0.25, -0.2) is 42.8 Å². The van der Waals surface area contributed by atoms with Crippen LogP contribution in [-0.2, 0) is 33.5 Å². The van der Waals surface area contributed by atoms with Crippen LogP contribution in [0.25, 0.3) is 0 Å². The quantitative estimate of drug-likeness (QED) is 0.161. The van der Waals surface area contributed by atoms with E-state index in [1.165, 1.54) is 16.7 Å². The number of hydrogen-bond donors (Lipinski definition) is 2. The summed E-state index contributed by atoms with van der Waals surface area (Å²) in [4.78, 5) is 50.1. The minimum atomic E-state index is -2.92. The maximum Gasteiger partial charge on any atom is 0.360 e. The summed E-state index contributed by atoms with van der Waals surface area (Å²) in [5.41, 5.74) is -5.16. The van der Waals surface area contributed by atoms with Gasteiger partial charge in [-0.2, -0.15) is 0 Å². The number of carboxylic acids is 1. The van der Waals surface area contributed by atoms with Crippen LogP contribution in [0.15, 0.2) is 10.5 Å². The van der Waals surface area contributed by atoms with Crippen molar-refractivity contribution >= 4 is 35.0 Å². The number of aryl methyl sites for hydroxylation is 1. The monoisotopic (exact) mass is 655 g/mol. The molecule has 2 saturated carbocycles. The van der Waals surface area contributed by atoms with E-state index < -0.39 is 83.6 Å². The zero-order chi connectivity index (χ0) is 33.8. The molecule has 2 aliphatic carbocycles. The van der Waals surface area contributed by atoms with E-state index in [0.29, 0.717) is 5.01 Å². The first-order valence-corrected chi connectivity index (χ1v) is 14.8. The largest absolute Gasteiger partial charge is 0.476 e. The molecule has 11 nitrogen and oxygen atoms in total. The van der Waals surface area contributed by atoms with Gasteiger partial charge in [0.1, 0.15) is 16.9 Å². The lowest BCUT2D eigenvalue weighted by atomic mass is 9.82. The van der Waals surface area contributed by atoms with Gasteiger partial charge in [0.25, 0.3) is 0 Å². The standard InChI is InChI=1S/C17H22F2N2O5S.C11H19F2NO3/c1-10-20-11(9-27-10)12(13(22)23)21-26-16(14(24)25-15(2,3)4)5-7-17(18,19)8-6-16;1-9(2,3)16-8(15)10(17-14)4-6-11(12,13)7-5-10/h9H,5-8H2,1-4H3,(H,22,23);4-7,14H2,1-3H3/b21-12-;. The molecule has 2 aliphatic rings. The topological polar surface area (TPSA) is 160 Å². The second kappa shape index (κ2) is 13.6. The number of aliphatic carboxylic acids is 1. The third kappa shape index (κ3) is 10.6. The van der Waals surface area contributed by atoms with Gasteiger partial charge in [-0.1, -0.05) is 5.16 Å². The lowest BCUT2D eigenvalue weighted by molar-refractivity contribution is -0.199. The summed E-state index contributed by atoms with van der Waals surface area (Å²) in [6.45, 7) is 11.7. The number of carboxylic acid groups (broad SMARTS) is 1. The Balaban J connectivity index is 0.000000342. The van der Waals surface area contributed by atoms with Crippen LogP contribution < -0.4 is 5.90 Å². The maximum absolute atomic E-state index is 13.6. The van der Waals surface area contributed by atoms with Crippen LogP contribution in [0.1, 0.15) is 104 Å². The molecule has 0 aromatic carbocycles. The van der Waals surface area contributed by atoms with Gasteiger partial charge in [-0.05, 0) is 61.3 Å². The highest BCUT2D eigenvalue weighted by Gasteiger charge is 2.53. The van der Waals surface area contributed by atoms with E-state index >= 15 is 0 Å². The molecule has 0 saturated heterocycles. The number of nitrogens with two attached hydrogens (primary N) is 1. The van der Waals surface area contributed by atoms with Crippen molar-refractivity contribution in [1.29, 1.82) is 0 Å². The normalized spacial score (nSPS) is 20.9. The van der Waals surface area contributed by atoms with E-state index in [-0.39, 0.29) is 31.4 Å². The van der Waals surface area contributed by atoms with Crippen LogP contribution in [0.5, 0.6) is 0 Å². The minimum Gasteiger partial charge on any atom is -0.476 e. The van der Waals surface area contributed by atoms with Gasteiger partial charge >= 0.3 is 17.9 Å². The van der Waals surface area contributed by atoms with Crippen LogP contribution in [0.4, 0.5) is 17.6 Å². The molecular formula is C28H41F4N3O8S. The Hall–Kier alpha value is -2.85. The molecule has 16 heteroatoms. The number of aromatic nitrogens is 1. The van der Waals surface area contributed by atoms with E-state index in [1.54, 1.807) is 48.5 Å².